The van der Waals surface area contributed by atoms with Gasteiger partial charge < -0.3 is 0 Å². The van der Waals surface area contributed by atoms with Crippen molar-refractivity contribution in [3.8, 4) is 0 Å². The topological polar surface area (TPSA) is 46.2 Å². The second-order valence-corrected chi connectivity index (χ2v) is 6.26. The van der Waals surface area contributed by atoms with Gasteiger partial charge in [0.1, 0.15) is 4.90 Å². The molecule has 0 aliphatic carbocycles. The number of halogens is 2. The lowest BCUT2D eigenvalue weighted by atomic mass is 10.3. The second kappa shape index (κ2) is 6.59. The molecule has 3 nitrogen and oxygen atoms in total. The second-order valence-electron chi connectivity index (χ2n) is 3.68. The highest BCUT2D eigenvalue weighted by molar-refractivity contribution is 7.89. The molecule has 0 aliphatic heterocycles. The van der Waals surface area contributed by atoms with Crippen molar-refractivity contribution < 1.29 is 8.42 Å². The summed E-state index contributed by atoms with van der Waals surface area (Å²) in [5.74, 6) is 0. The fourth-order valence-electron chi connectivity index (χ4n) is 1.34. The van der Waals surface area contributed by atoms with E-state index in [0.29, 0.717) is 11.6 Å². The molecule has 0 heterocycles. The lowest BCUT2D eigenvalue weighted by Gasteiger charge is -2.08. The Bertz CT molecular complexity index is 474. The number of hydrogen-bond acceptors (Lipinski definition) is 2. The van der Waals surface area contributed by atoms with Crippen LogP contribution in [0.2, 0.25) is 10.0 Å². The molecule has 0 amide bonds. The summed E-state index contributed by atoms with van der Waals surface area (Å²) in [6, 6.07) is 4.39. The van der Waals surface area contributed by atoms with E-state index in [4.69, 9.17) is 23.2 Å². The third-order valence-corrected chi connectivity index (χ3v) is 4.43. The highest BCUT2D eigenvalue weighted by Gasteiger charge is 2.17. The van der Waals surface area contributed by atoms with Crippen molar-refractivity contribution in [2.24, 2.45) is 0 Å². The van der Waals surface area contributed by atoms with E-state index in [1.807, 2.05) is 0 Å². The standard InChI is InChI=1S/C11H15Cl2NO2S/c1-2-3-4-7-14-17(15,16)11-8-9(12)5-6-10(11)13/h5-6,8,14H,2-4,7H2,1H3. The Morgan fingerprint density at radius 2 is 1.94 bits per heavy atom. The summed E-state index contributed by atoms with van der Waals surface area (Å²) >= 11 is 11.6. The van der Waals surface area contributed by atoms with Crippen LogP contribution in [0.3, 0.4) is 0 Å². The SMILES string of the molecule is CCCCCNS(=O)(=O)c1cc(Cl)ccc1Cl. The van der Waals surface area contributed by atoms with Crippen molar-refractivity contribution in [2.45, 2.75) is 31.1 Å². The summed E-state index contributed by atoms with van der Waals surface area (Å²) in [4.78, 5) is 0.0307. The Balaban J connectivity index is 2.79. The third kappa shape index (κ3) is 4.47. The first-order valence-electron chi connectivity index (χ1n) is 5.42. The maximum atomic E-state index is 11.9. The van der Waals surface area contributed by atoms with E-state index in [1.54, 1.807) is 6.07 Å². The first-order valence-corrected chi connectivity index (χ1v) is 7.66. The molecule has 0 atom stereocenters. The average Bonchev–Trinajstić information content (AvgIpc) is 2.28. The third-order valence-electron chi connectivity index (χ3n) is 2.26. The zero-order valence-electron chi connectivity index (χ0n) is 9.54. The zero-order chi connectivity index (χ0) is 12.9. The molecule has 0 bridgehead atoms. The Kier molecular flexibility index (Phi) is 5.73. The van der Waals surface area contributed by atoms with Crippen LogP contribution >= 0.6 is 23.2 Å². The van der Waals surface area contributed by atoms with Crippen molar-refractivity contribution in [1.82, 2.24) is 4.72 Å². The fraction of sp³-hybridized carbons (Fsp3) is 0.455. The maximum absolute atomic E-state index is 11.9. The molecule has 0 saturated heterocycles. The highest BCUT2D eigenvalue weighted by atomic mass is 35.5. The van der Waals surface area contributed by atoms with Gasteiger partial charge in [0.05, 0.1) is 5.02 Å². The van der Waals surface area contributed by atoms with Crippen molar-refractivity contribution in [1.29, 1.82) is 0 Å². The van der Waals surface area contributed by atoms with E-state index in [-0.39, 0.29) is 9.92 Å². The van der Waals surface area contributed by atoms with Gasteiger partial charge in [-0.05, 0) is 24.6 Å². The monoisotopic (exact) mass is 295 g/mol. The molecular weight excluding hydrogens is 281 g/mol. The number of hydrogen-bond donors (Lipinski definition) is 1. The predicted octanol–water partition coefficient (Wildman–Crippen LogP) is 3.46. The molecule has 0 spiro atoms. The molecule has 1 N–H and O–H groups in total. The van der Waals surface area contributed by atoms with E-state index in [0.717, 1.165) is 19.3 Å². The quantitative estimate of drug-likeness (QED) is 0.817. The van der Waals surface area contributed by atoms with Crippen LogP contribution in [0.15, 0.2) is 23.1 Å². The van der Waals surface area contributed by atoms with Gasteiger partial charge in [-0.3, -0.25) is 0 Å². The lowest BCUT2D eigenvalue weighted by molar-refractivity contribution is 0.576. The molecule has 1 aromatic carbocycles. The molecule has 0 aliphatic rings. The Morgan fingerprint density at radius 1 is 1.24 bits per heavy atom. The van der Waals surface area contributed by atoms with Crippen LogP contribution in [-0.2, 0) is 10.0 Å². The van der Waals surface area contributed by atoms with Gasteiger partial charge in [-0.25, -0.2) is 13.1 Å². The number of rotatable bonds is 6. The lowest BCUT2D eigenvalue weighted by Crippen LogP contribution is -2.25. The molecule has 0 unspecified atom stereocenters. The van der Waals surface area contributed by atoms with Crippen LogP contribution in [-0.4, -0.2) is 15.0 Å². The number of nitrogens with one attached hydrogen (secondary N) is 1. The van der Waals surface area contributed by atoms with Crippen LogP contribution in [0.25, 0.3) is 0 Å². The molecule has 0 radical (unpaired) electrons. The van der Waals surface area contributed by atoms with Crippen LogP contribution in [0.5, 0.6) is 0 Å². The van der Waals surface area contributed by atoms with E-state index < -0.39 is 10.0 Å². The summed E-state index contributed by atoms with van der Waals surface area (Å²) in [7, 11) is -3.56. The number of sulfonamides is 1. The predicted molar refractivity (Wildman–Crippen MR) is 71.2 cm³/mol. The Labute approximate surface area is 112 Å². The summed E-state index contributed by atoms with van der Waals surface area (Å²) in [5, 5.41) is 0.528. The minimum atomic E-state index is -3.56. The van der Waals surface area contributed by atoms with E-state index >= 15 is 0 Å². The van der Waals surface area contributed by atoms with Gasteiger partial charge in [-0.15, -0.1) is 0 Å². The first-order chi connectivity index (χ1) is 7.97. The van der Waals surface area contributed by atoms with Crippen LogP contribution in [0.4, 0.5) is 0 Å². The smallest absolute Gasteiger partial charge is 0.211 e. The molecule has 1 rings (SSSR count). The minimum absolute atomic E-state index is 0.0307. The summed E-state index contributed by atoms with van der Waals surface area (Å²) < 4.78 is 26.3. The average molecular weight is 296 g/mol. The van der Waals surface area contributed by atoms with Gasteiger partial charge >= 0.3 is 0 Å². The van der Waals surface area contributed by atoms with Crippen molar-refractivity contribution in [3.63, 3.8) is 0 Å². The van der Waals surface area contributed by atoms with Crippen molar-refractivity contribution in [2.75, 3.05) is 6.54 Å². The maximum Gasteiger partial charge on any atom is 0.242 e. The van der Waals surface area contributed by atoms with Gasteiger partial charge in [0.2, 0.25) is 10.0 Å². The first kappa shape index (κ1) is 14.8. The largest absolute Gasteiger partial charge is 0.242 e. The minimum Gasteiger partial charge on any atom is -0.211 e. The van der Waals surface area contributed by atoms with Crippen LogP contribution in [0, 0.1) is 0 Å². The van der Waals surface area contributed by atoms with Crippen LogP contribution < -0.4 is 4.72 Å². The van der Waals surface area contributed by atoms with E-state index in [2.05, 4.69) is 11.6 Å². The summed E-state index contributed by atoms with van der Waals surface area (Å²) in [6.45, 7) is 2.47. The van der Waals surface area contributed by atoms with Gasteiger partial charge in [0.15, 0.2) is 0 Å². The van der Waals surface area contributed by atoms with Crippen molar-refractivity contribution in [3.05, 3.63) is 28.2 Å². The number of unbranched alkanes of at least 4 members (excludes halogenated alkanes) is 2. The van der Waals surface area contributed by atoms with Crippen molar-refractivity contribution >= 4 is 33.2 Å². The van der Waals surface area contributed by atoms with Gasteiger partial charge in [-0.1, -0.05) is 43.0 Å². The molecule has 6 heteroatoms. The van der Waals surface area contributed by atoms with Gasteiger partial charge in [0.25, 0.3) is 0 Å². The molecule has 0 saturated carbocycles. The summed E-state index contributed by atoms with van der Waals surface area (Å²) in [5.41, 5.74) is 0. The Hall–Kier alpha value is -0.290. The van der Waals surface area contributed by atoms with Gasteiger partial charge in [-0.2, -0.15) is 0 Å². The zero-order valence-corrected chi connectivity index (χ0v) is 11.9. The molecule has 0 aromatic heterocycles. The van der Waals surface area contributed by atoms with Gasteiger partial charge in [0, 0.05) is 11.6 Å². The summed E-state index contributed by atoms with van der Waals surface area (Å²) in [6.07, 6.45) is 2.85. The molecule has 96 valence electrons. The molecule has 17 heavy (non-hydrogen) atoms. The molecule has 1 aromatic rings. The normalized spacial score (nSPS) is 11.7. The highest BCUT2D eigenvalue weighted by Crippen LogP contribution is 2.24. The van der Waals surface area contributed by atoms with E-state index in [9.17, 15) is 8.42 Å². The fourth-order valence-corrected chi connectivity index (χ4v) is 3.18. The molecular formula is C11H15Cl2NO2S. The molecule has 0 fully saturated rings. The number of benzene rings is 1. The Morgan fingerprint density at radius 3 is 2.59 bits per heavy atom. The van der Waals surface area contributed by atoms with Crippen LogP contribution in [0.1, 0.15) is 26.2 Å². The van der Waals surface area contributed by atoms with E-state index in [1.165, 1.54) is 12.1 Å².